The number of rotatable bonds is 6. The largest absolute Gasteiger partial charge is 0.310 e. The van der Waals surface area contributed by atoms with Crippen molar-refractivity contribution in [2.24, 2.45) is 0 Å². The molecule has 1 aromatic heterocycles. The normalized spacial score (nSPS) is 11.5. The third kappa shape index (κ3) is 5.18. The van der Waals surface area contributed by atoms with Crippen molar-refractivity contribution in [3.8, 4) is 27.9 Å². The first-order chi connectivity index (χ1) is 26.6. The summed E-state index contributed by atoms with van der Waals surface area (Å²) in [6, 6.07) is 71.1. The van der Waals surface area contributed by atoms with Crippen LogP contribution < -0.4 is 4.90 Å². The minimum atomic E-state index is 1.10. The molecule has 256 valence electrons. The SMILES string of the molecule is Cc1ccc(-c2c3ccccc3c(-c3ccc(C)cc3)c3c(N(c4ccccc4)c4ccc(-n5c6ccccc6c6ccccc65)cc4)cccc23)cc1. The van der Waals surface area contributed by atoms with Crippen molar-refractivity contribution in [3.05, 3.63) is 205 Å². The Balaban J connectivity index is 1.26. The molecule has 0 aliphatic heterocycles. The highest BCUT2D eigenvalue weighted by Crippen LogP contribution is 2.49. The number of nitrogens with zero attached hydrogens (tertiary/aromatic N) is 2. The minimum Gasteiger partial charge on any atom is -0.310 e. The maximum Gasteiger partial charge on any atom is 0.0546 e. The van der Waals surface area contributed by atoms with Crippen molar-refractivity contribution in [1.29, 1.82) is 0 Å². The zero-order valence-electron chi connectivity index (χ0n) is 30.4. The van der Waals surface area contributed by atoms with Gasteiger partial charge in [-0.3, -0.25) is 0 Å². The third-order valence-corrected chi connectivity index (χ3v) is 10.9. The topological polar surface area (TPSA) is 8.17 Å². The van der Waals surface area contributed by atoms with Crippen molar-refractivity contribution < 1.29 is 0 Å². The lowest BCUT2D eigenvalue weighted by molar-refractivity contribution is 1.17. The van der Waals surface area contributed by atoms with E-state index in [-0.39, 0.29) is 0 Å². The molecule has 0 aliphatic carbocycles. The number of para-hydroxylation sites is 3. The Kier molecular flexibility index (Phi) is 7.63. The highest BCUT2D eigenvalue weighted by molar-refractivity contribution is 6.25. The second kappa shape index (κ2) is 12.9. The Morgan fingerprint density at radius 3 is 1.41 bits per heavy atom. The van der Waals surface area contributed by atoms with Crippen LogP contribution in [-0.2, 0) is 0 Å². The van der Waals surface area contributed by atoms with Crippen LogP contribution in [0, 0.1) is 13.8 Å². The molecular weight excluding hydrogens is 653 g/mol. The predicted molar refractivity (Wildman–Crippen MR) is 231 cm³/mol. The monoisotopic (exact) mass is 690 g/mol. The molecular formula is C52H38N2. The maximum atomic E-state index is 2.43. The van der Waals surface area contributed by atoms with Gasteiger partial charge in [-0.05, 0) is 107 Å². The second-order valence-electron chi connectivity index (χ2n) is 14.3. The smallest absolute Gasteiger partial charge is 0.0546 e. The van der Waals surface area contributed by atoms with Crippen molar-refractivity contribution >= 4 is 60.4 Å². The fourth-order valence-corrected chi connectivity index (χ4v) is 8.40. The van der Waals surface area contributed by atoms with E-state index in [1.807, 2.05) is 0 Å². The average Bonchev–Trinajstić information content (AvgIpc) is 3.56. The summed E-state index contributed by atoms with van der Waals surface area (Å²) >= 11 is 0. The van der Waals surface area contributed by atoms with Crippen LogP contribution in [0.4, 0.5) is 17.1 Å². The molecule has 0 N–H and O–H groups in total. The van der Waals surface area contributed by atoms with Gasteiger partial charge < -0.3 is 9.47 Å². The van der Waals surface area contributed by atoms with Gasteiger partial charge in [0.1, 0.15) is 0 Å². The van der Waals surface area contributed by atoms with Gasteiger partial charge in [0.25, 0.3) is 0 Å². The summed E-state index contributed by atoms with van der Waals surface area (Å²) < 4.78 is 2.38. The van der Waals surface area contributed by atoms with Crippen LogP contribution >= 0.6 is 0 Å². The van der Waals surface area contributed by atoms with Gasteiger partial charge in [-0.2, -0.15) is 0 Å². The lowest BCUT2D eigenvalue weighted by Gasteiger charge is -2.29. The van der Waals surface area contributed by atoms with E-state index >= 15 is 0 Å². The van der Waals surface area contributed by atoms with Gasteiger partial charge in [0.15, 0.2) is 0 Å². The van der Waals surface area contributed by atoms with E-state index < -0.39 is 0 Å². The fourth-order valence-electron chi connectivity index (χ4n) is 8.40. The van der Waals surface area contributed by atoms with Gasteiger partial charge in [0, 0.05) is 33.2 Å². The highest BCUT2D eigenvalue weighted by atomic mass is 15.1. The number of aromatic nitrogens is 1. The summed E-state index contributed by atoms with van der Waals surface area (Å²) in [4.78, 5) is 2.43. The van der Waals surface area contributed by atoms with Gasteiger partial charge in [-0.1, -0.05) is 151 Å². The van der Waals surface area contributed by atoms with Crippen molar-refractivity contribution in [3.63, 3.8) is 0 Å². The van der Waals surface area contributed by atoms with E-state index in [2.05, 4.69) is 217 Å². The molecule has 10 aromatic rings. The fraction of sp³-hybridized carbons (Fsp3) is 0.0385. The van der Waals surface area contributed by atoms with Gasteiger partial charge in [0.05, 0.1) is 16.7 Å². The van der Waals surface area contributed by atoms with E-state index in [0.717, 1.165) is 22.7 Å². The van der Waals surface area contributed by atoms with Gasteiger partial charge in [0.2, 0.25) is 0 Å². The molecule has 0 spiro atoms. The summed E-state index contributed by atoms with van der Waals surface area (Å²) in [6.07, 6.45) is 0. The van der Waals surface area contributed by atoms with Crippen LogP contribution in [-0.4, -0.2) is 4.57 Å². The summed E-state index contributed by atoms with van der Waals surface area (Å²) in [6.45, 7) is 4.31. The van der Waals surface area contributed by atoms with Crippen molar-refractivity contribution in [2.45, 2.75) is 13.8 Å². The zero-order chi connectivity index (χ0) is 36.2. The summed E-state index contributed by atoms with van der Waals surface area (Å²) in [5, 5.41) is 7.48. The Morgan fingerprint density at radius 1 is 0.352 bits per heavy atom. The Morgan fingerprint density at radius 2 is 0.815 bits per heavy atom. The van der Waals surface area contributed by atoms with E-state index in [0.29, 0.717) is 0 Å². The molecule has 9 aromatic carbocycles. The molecule has 2 nitrogen and oxygen atoms in total. The van der Waals surface area contributed by atoms with Gasteiger partial charge in [-0.25, -0.2) is 0 Å². The lowest BCUT2D eigenvalue weighted by atomic mass is 9.84. The molecule has 2 heteroatoms. The molecule has 0 unspecified atom stereocenters. The summed E-state index contributed by atoms with van der Waals surface area (Å²) in [5.41, 5.74) is 14.3. The molecule has 0 atom stereocenters. The van der Waals surface area contributed by atoms with Crippen LogP contribution in [0.2, 0.25) is 0 Å². The molecule has 1 heterocycles. The number of benzene rings is 9. The van der Waals surface area contributed by atoms with Crippen LogP contribution in [0.3, 0.4) is 0 Å². The first kappa shape index (κ1) is 31.8. The Labute approximate surface area is 315 Å². The van der Waals surface area contributed by atoms with Crippen LogP contribution in [0.15, 0.2) is 194 Å². The number of anilines is 3. The van der Waals surface area contributed by atoms with E-state index in [4.69, 9.17) is 0 Å². The van der Waals surface area contributed by atoms with Crippen molar-refractivity contribution in [2.75, 3.05) is 4.90 Å². The first-order valence-corrected chi connectivity index (χ1v) is 18.7. The second-order valence-corrected chi connectivity index (χ2v) is 14.3. The van der Waals surface area contributed by atoms with Crippen LogP contribution in [0.5, 0.6) is 0 Å². The number of hydrogen-bond acceptors (Lipinski definition) is 1. The third-order valence-electron chi connectivity index (χ3n) is 10.9. The number of aryl methyl sites for hydroxylation is 2. The lowest BCUT2D eigenvalue weighted by Crippen LogP contribution is -2.11. The number of fused-ring (bicyclic) bond motifs is 5. The van der Waals surface area contributed by atoms with Crippen LogP contribution in [0.25, 0.3) is 71.3 Å². The molecule has 0 aliphatic rings. The van der Waals surface area contributed by atoms with Gasteiger partial charge in [-0.15, -0.1) is 0 Å². The van der Waals surface area contributed by atoms with E-state index in [1.54, 1.807) is 0 Å². The molecule has 54 heavy (non-hydrogen) atoms. The average molecular weight is 691 g/mol. The minimum absolute atomic E-state index is 1.10. The van der Waals surface area contributed by atoms with Gasteiger partial charge >= 0.3 is 0 Å². The molecule has 0 radical (unpaired) electrons. The molecule has 0 fully saturated rings. The molecule has 0 saturated carbocycles. The first-order valence-electron chi connectivity index (χ1n) is 18.7. The van der Waals surface area contributed by atoms with E-state index in [9.17, 15) is 0 Å². The molecule has 0 amide bonds. The molecule has 0 bridgehead atoms. The highest BCUT2D eigenvalue weighted by Gasteiger charge is 2.23. The molecule has 0 saturated heterocycles. The van der Waals surface area contributed by atoms with Crippen molar-refractivity contribution in [1.82, 2.24) is 4.57 Å². The van der Waals surface area contributed by atoms with E-state index in [1.165, 1.54) is 76.7 Å². The summed E-state index contributed by atoms with van der Waals surface area (Å²) in [5.74, 6) is 0. The maximum absolute atomic E-state index is 2.43. The standard InChI is InChI=1S/C52H38N2/c1-35-23-27-37(28-24-35)50-44-17-6-7-18-45(44)51(38-29-25-36(2)26-30-38)52-46(50)19-12-22-49(52)53(39-13-4-3-5-14-39)40-31-33-41(34-32-40)54-47-20-10-8-15-42(47)43-16-9-11-21-48(43)54/h3-34H,1-2H3. The predicted octanol–water partition coefficient (Wildman–Crippen LogP) is 14.5. The Bertz CT molecular complexity index is 2920. The zero-order valence-corrected chi connectivity index (χ0v) is 30.4. The quantitative estimate of drug-likeness (QED) is 0.158. The molecule has 10 rings (SSSR count). The summed E-state index contributed by atoms with van der Waals surface area (Å²) in [7, 11) is 0. The Hall–Kier alpha value is -6.90. The number of hydrogen-bond donors (Lipinski definition) is 0. The van der Waals surface area contributed by atoms with Crippen LogP contribution in [0.1, 0.15) is 11.1 Å².